The van der Waals surface area contributed by atoms with Gasteiger partial charge < -0.3 is 5.11 Å². The number of nitrogens with zero attached hydrogens (tertiary/aromatic N) is 1. The molecule has 6 heteroatoms. The molecular formula is C10H16F3NO2. The lowest BCUT2D eigenvalue weighted by Crippen LogP contribution is -2.50. The number of rotatable bonds is 3. The average molecular weight is 239 g/mol. The molecule has 3 nitrogen and oxygen atoms in total. The molecule has 1 aliphatic rings. The minimum atomic E-state index is -4.25. The number of hydrogen-bond acceptors (Lipinski definition) is 2. The molecule has 1 heterocycles. The van der Waals surface area contributed by atoms with Crippen molar-refractivity contribution in [3.05, 3.63) is 0 Å². The van der Waals surface area contributed by atoms with Gasteiger partial charge in [0.25, 0.3) is 0 Å². The Bertz CT molecular complexity index is 267. The van der Waals surface area contributed by atoms with Crippen LogP contribution in [0.25, 0.3) is 0 Å². The van der Waals surface area contributed by atoms with Crippen LogP contribution in [0.1, 0.15) is 26.2 Å². The second kappa shape index (κ2) is 4.61. The fourth-order valence-corrected chi connectivity index (χ4v) is 2.23. The van der Waals surface area contributed by atoms with Crippen molar-refractivity contribution in [1.29, 1.82) is 0 Å². The van der Waals surface area contributed by atoms with Gasteiger partial charge in [-0.25, -0.2) is 0 Å². The second-order valence-corrected chi connectivity index (χ2v) is 4.37. The van der Waals surface area contributed by atoms with Crippen molar-refractivity contribution < 1.29 is 23.1 Å². The van der Waals surface area contributed by atoms with Gasteiger partial charge in [0.2, 0.25) is 0 Å². The van der Waals surface area contributed by atoms with Crippen molar-refractivity contribution in [1.82, 2.24) is 4.90 Å². The molecule has 1 unspecified atom stereocenters. The standard InChI is InChI=1S/C10H16F3NO2/c1-2-9(8(15)16)4-3-5-14(6-9)7-10(11,12)13/h2-7H2,1H3,(H,15,16). The van der Waals surface area contributed by atoms with Crippen LogP contribution in [0, 0.1) is 5.41 Å². The minimum Gasteiger partial charge on any atom is -0.481 e. The normalized spacial score (nSPS) is 28.0. The van der Waals surface area contributed by atoms with Gasteiger partial charge in [-0.2, -0.15) is 13.2 Å². The SMILES string of the molecule is CCC1(C(=O)O)CCCN(CC(F)(F)F)C1. The third-order valence-corrected chi connectivity index (χ3v) is 3.19. The Morgan fingerprint density at radius 3 is 2.56 bits per heavy atom. The Hall–Kier alpha value is -0.780. The lowest BCUT2D eigenvalue weighted by molar-refractivity contribution is -0.166. The summed E-state index contributed by atoms with van der Waals surface area (Å²) in [4.78, 5) is 12.3. The number of aliphatic carboxylic acids is 1. The number of halogens is 3. The van der Waals surface area contributed by atoms with Gasteiger partial charge in [-0.1, -0.05) is 6.92 Å². The molecule has 1 aliphatic heterocycles. The maximum absolute atomic E-state index is 12.2. The molecule has 0 spiro atoms. The van der Waals surface area contributed by atoms with Gasteiger partial charge >= 0.3 is 12.1 Å². The van der Waals surface area contributed by atoms with E-state index in [9.17, 15) is 18.0 Å². The second-order valence-electron chi connectivity index (χ2n) is 4.37. The first kappa shape index (κ1) is 13.3. The van der Waals surface area contributed by atoms with Crippen LogP contribution in [0.2, 0.25) is 0 Å². The average Bonchev–Trinajstić information content (AvgIpc) is 2.15. The Morgan fingerprint density at radius 1 is 1.50 bits per heavy atom. The third kappa shape index (κ3) is 3.10. The smallest absolute Gasteiger partial charge is 0.401 e. The molecule has 0 aromatic heterocycles. The van der Waals surface area contributed by atoms with Gasteiger partial charge in [0.1, 0.15) is 0 Å². The Kier molecular flexibility index (Phi) is 3.83. The van der Waals surface area contributed by atoms with E-state index in [2.05, 4.69) is 0 Å². The summed E-state index contributed by atoms with van der Waals surface area (Å²) in [5.41, 5.74) is -0.997. The lowest BCUT2D eigenvalue weighted by Gasteiger charge is -2.39. The van der Waals surface area contributed by atoms with Crippen LogP contribution in [0.15, 0.2) is 0 Å². The zero-order chi connectivity index (χ0) is 12.4. The number of likely N-dealkylation sites (tertiary alicyclic amines) is 1. The van der Waals surface area contributed by atoms with E-state index in [0.717, 1.165) is 0 Å². The highest BCUT2D eigenvalue weighted by Gasteiger charge is 2.43. The summed E-state index contributed by atoms with van der Waals surface area (Å²) in [5, 5.41) is 9.10. The zero-order valence-corrected chi connectivity index (χ0v) is 9.18. The van der Waals surface area contributed by atoms with Gasteiger partial charge in [0, 0.05) is 6.54 Å². The first-order valence-corrected chi connectivity index (χ1v) is 5.31. The summed E-state index contributed by atoms with van der Waals surface area (Å²) in [6.45, 7) is 1.03. The fourth-order valence-electron chi connectivity index (χ4n) is 2.23. The molecule has 0 aliphatic carbocycles. The molecule has 1 fully saturated rings. The molecule has 0 amide bonds. The van der Waals surface area contributed by atoms with Crippen molar-refractivity contribution in [2.45, 2.75) is 32.4 Å². The number of carbonyl (C=O) groups is 1. The molecule has 1 N–H and O–H groups in total. The summed E-state index contributed by atoms with van der Waals surface area (Å²) in [5.74, 6) is -0.984. The monoisotopic (exact) mass is 239 g/mol. The van der Waals surface area contributed by atoms with Gasteiger partial charge in [0.05, 0.1) is 12.0 Å². The third-order valence-electron chi connectivity index (χ3n) is 3.19. The highest BCUT2D eigenvalue weighted by molar-refractivity contribution is 5.75. The van der Waals surface area contributed by atoms with E-state index in [1.807, 2.05) is 0 Å². The van der Waals surface area contributed by atoms with E-state index >= 15 is 0 Å². The van der Waals surface area contributed by atoms with E-state index in [0.29, 0.717) is 25.8 Å². The summed E-state index contributed by atoms with van der Waals surface area (Å²) in [6.07, 6.45) is -2.91. The topological polar surface area (TPSA) is 40.5 Å². The van der Waals surface area contributed by atoms with Gasteiger partial charge in [-0.3, -0.25) is 9.69 Å². The molecular weight excluding hydrogens is 223 g/mol. The van der Waals surface area contributed by atoms with Crippen LogP contribution < -0.4 is 0 Å². The molecule has 0 aromatic carbocycles. The summed E-state index contributed by atoms with van der Waals surface area (Å²) < 4.78 is 36.6. The highest BCUT2D eigenvalue weighted by atomic mass is 19.4. The molecule has 16 heavy (non-hydrogen) atoms. The Labute approximate surface area is 92.2 Å². The van der Waals surface area contributed by atoms with Crippen LogP contribution in [0.4, 0.5) is 13.2 Å². The van der Waals surface area contributed by atoms with Crippen molar-refractivity contribution in [2.24, 2.45) is 5.41 Å². The molecule has 1 saturated heterocycles. The predicted molar refractivity (Wildman–Crippen MR) is 52.1 cm³/mol. The van der Waals surface area contributed by atoms with Gasteiger partial charge in [0.15, 0.2) is 0 Å². The highest BCUT2D eigenvalue weighted by Crippen LogP contribution is 2.34. The quantitative estimate of drug-likeness (QED) is 0.820. The molecule has 0 saturated carbocycles. The maximum atomic E-state index is 12.2. The van der Waals surface area contributed by atoms with Crippen LogP contribution in [-0.4, -0.2) is 41.8 Å². The molecule has 1 atom stereocenters. The molecule has 0 radical (unpaired) electrons. The summed E-state index contributed by atoms with van der Waals surface area (Å²) >= 11 is 0. The number of carboxylic acids is 1. The van der Waals surface area contributed by atoms with Gasteiger partial charge in [-0.15, -0.1) is 0 Å². The Morgan fingerprint density at radius 2 is 2.12 bits per heavy atom. The van der Waals surface area contributed by atoms with E-state index in [4.69, 9.17) is 5.11 Å². The van der Waals surface area contributed by atoms with Crippen LogP contribution >= 0.6 is 0 Å². The first-order valence-electron chi connectivity index (χ1n) is 5.31. The Balaban J connectivity index is 2.69. The fraction of sp³-hybridized carbons (Fsp3) is 0.900. The minimum absolute atomic E-state index is 0.00164. The van der Waals surface area contributed by atoms with Gasteiger partial charge in [-0.05, 0) is 25.8 Å². The first-order chi connectivity index (χ1) is 7.29. The van der Waals surface area contributed by atoms with Crippen molar-refractivity contribution in [3.8, 4) is 0 Å². The van der Waals surface area contributed by atoms with Crippen LogP contribution in [-0.2, 0) is 4.79 Å². The van der Waals surface area contributed by atoms with E-state index in [1.165, 1.54) is 4.90 Å². The van der Waals surface area contributed by atoms with Crippen molar-refractivity contribution >= 4 is 5.97 Å². The zero-order valence-electron chi connectivity index (χ0n) is 9.18. The van der Waals surface area contributed by atoms with Crippen LogP contribution in [0.3, 0.4) is 0 Å². The molecule has 1 rings (SSSR count). The predicted octanol–water partition coefficient (Wildman–Crippen LogP) is 2.13. The molecule has 0 aromatic rings. The number of carboxylic acid groups (broad SMARTS) is 1. The van der Waals surface area contributed by atoms with Crippen LogP contribution in [0.5, 0.6) is 0 Å². The lowest BCUT2D eigenvalue weighted by atomic mass is 9.77. The van der Waals surface area contributed by atoms with Crippen molar-refractivity contribution in [2.75, 3.05) is 19.6 Å². The number of hydrogen-bond donors (Lipinski definition) is 1. The maximum Gasteiger partial charge on any atom is 0.401 e. The van der Waals surface area contributed by atoms with E-state index < -0.39 is 24.1 Å². The largest absolute Gasteiger partial charge is 0.481 e. The van der Waals surface area contributed by atoms with E-state index in [-0.39, 0.29) is 6.54 Å². The molecule has 0 bridgehead atoms. The number of piperidine rings is 1. The summed E-state index contributed by atoms with van der Waals surface area (Å²) in [7, 11) is 0. The van der Waals surface area contributed by atoms with E-state index in [1.54, 1.807) is 6.92 Å². The number of alkyl halides is 3. The molecule has 94 valence electrons. The van der Waals surface area contributed by atoms with Crippen molar-refractivity contribution in [3.63, 3.8) is 0 Å². The summed E-state index contributed by atoms with van der Waals surface area (Å²) in [6, 6.07) is 0.